The summed E-state index contributed by atoms with van der Waals surface area (Å²) < 4.78 is 1.91. The average molecular weight is 217 g/mol. The molecule has 2 aromatic heterocycles. The lowest BCUT2D eigenvalue weighted by atomic mass is 10.2. The highest BCUT2D eigenvalue weighted by atomic mass is 15.3. The Labute approximate surface area is 94.3 Å². The summed E-state index contributed by atoms with van der Waals surface area (Å²) in [5.41, 5.74) is 7.38. The van der Waals surface area contributed by atoms with E-state index in [0.29, 0.717) is 11.7 Å². The molecule has 2 heterocycles. The van der Waals surface area contributed by atoms with Gasteiger partial charge in [-0.2, -0.15) is 5.10 Å². The van der Waals surface area contributed by atoms with E-state index in [1.165, 1.54) is 6.33 Å². The monoisotopic (exact) mass is 217 g/mol. The van der Waals surface area contributed by atoms with E-state index in [2.05, 4.69) is 28.9 Å². The van der Waals surface area contributed by atoms with Crippen molar-refractivity contribution in [2.45, 2.75) is 20.4 Å². The Balaban J connectivity index is 2.24. The molecule has 0 aliphatic heterocycles. The summed E-state index contributed by atoms with van der Waals surface area (Å²) in [4.78, 5) is 8.02. The molecule has 2 rings (SSSR count). The number of nitrogens with zero attached hydrogens (tertiary/aromatic N) is 4. The first-order valence-corrected chi connectivity index (χ1v) is 5.25. The van der Waals surface area contributed by atoms with Gasteiger partial charge in [0, 0.05) is 24.4 Å². The van der Waals surface area contributed by atoms with Gasteiger partial charge in [-0.3, -0.25) is 4.68 Å². The summed E-state index contributed by atoms with van der Waals surface area (Å²) in [6.07, 6.45) is 5.23. The molecule has 0 saturated carbocycles. The third kappa shape index (κ3) is 2.36. The molecule has 0 aromatic carbocycles. The molecule has 0 spiro atoms. The molecule has 0 fully saturated rings. The number of aromatic nitrogens is 4. The standard InChI is InChI=1S/C11H15N5/c1-8(2)5-16-6-9(4-15-16)10-3-11(12)14-7-13-10/h3-4,6-8H,5H2,1-2H3,(H2,12,13,14). The minimum atomic E-state index is 0.474. The van der Waals surface area contributed by atoms with Crippen molar-refractivity contribution in [3.63, 3.8) is 0 Å². The van der Waals surface area contributed by atoms with Gasteiger partial charge in [0.2, 0.25) is 0 Å². The van der Waals surface area contributed by atoms with Crippen molar-refractivity contribution in [2.24, 2.45) is 5.92 Å². The molecule has 0 saturated heterocycles. The fourth-order valence-corrected chi connectivity index (χ4v) is 1.50. The van der Waals surface area contributed by atoms with E-state index in [0.717, 1.165) is 17.8 Å². The highest BCUT2D eigenvalue weighted by Crippen LogP contribution is 2.16. The number of rotatable bonds is 3. The van der Waals surface area contributed by atoms with Crippen LogP contribution in [0.1, 0.15) is 13.8 Å². The van der Waals surface area contributed by atoms with Gasteiger partial charge in [0.05, 0.1) is 11.9 Å². The Morgan fingerprint density at radius 1 is 1.38 bits per heavy atom. The van der Waals surface area contributed by atoms with Crippen LogP contribution in [0.3, 0.4) is 0 Å². The largest absolute Gasteiger partial charge is 0.384 e. The quantitative estimate of drug-likeness (QED) is 0.847. The van der Waals surface area contributed by atoms with Gasteiger partial charge < -0.3 is 5.73 Å². The third-order valence-electron chi connectivity index (χ3n) is 2.17. The Morgan fingerprint density at radius 3 is 2.88 bits per heavy atom. The van der Waals surface area contributed by atoms with Crippen LogP contribution in [0.2, 0.25) is 0 Å². The minimum absolute atomic E-state index is 0.474. The fourth-order valence-electron chi connectivity index (χ4n) is 1.50. The Hall–Kier alpha value is -1.91. The zero-order chi connectivity index (χ0) is 11.5. The van der Waals surface area contributed by atoms with Crippen molar-refractivity contribution < 1.29 is 0 Å². The molecule has 0 bridgehead atoms. The van der Waals surface area contributed by atoms with Crippen molar-refractivity contribution in [1.82, 2.24) is 19.7 Å². The van der Waals surface area contributed by atoms with Crippen LogP contribution >= 0.6 is 0 Å². The predicted octanol–water partition coefficient (Wildman–Crippen LogP) is 1.58. The molecule has 0 unspecified atom stereocenters. The van der Waals surface area contributed by atoms with Gasteiger partial charge in [-0.1, -0.05) is 13.8 Å². The van der Waals surface area contributed by atoms with Crippen LogP contribution in [-0.4, -0.2) is 19.7 Å². The zero-order valence-electron chi connectivity index (χ0n) is 9.46. The molecule has 16 heavy (non-hydrogen) atoms. The Kier molecular flexibility index (Phi) is 2.85. The van der Waals surface area contributed by atoms with E-state index in [9.17, 15) is 0 Å². The topological polar surface area (TPSA) is 69.6 Å². The molecular formula is C11H15N5. The summed E-state index contributed by atoms with van der Waals surface area (Å²) in [6, 6.07) is 1.75. The van der Waals surface area contributed by atoms with E-state index in [-0.39, 0.29) is 0 Å². The third-order valence-corrected chi connectivity index (χ3v) is 2.17. The second-order valence-corrected chi connectivity index (χ2v) is 4.17. The van der Waals surface area contributed by atoms with Crippen molar-refractivity contribution >= 4 is 5.82 Å². The van der Waals surface area contributed by atoms with Gasteiger partial charge in [0.25, 0.3) is 0 Å². The van der Waals surface area contributed by atoms with E-state index in [1.807, 2.05) is 10.9 Å². The van der Waals surface area contributed by atoms with Crippen molar-refractivity contribution in [3.8, 4) is 11.3 Å². The number of nitrogens with two attached hydrogens (primary N) is 1. The predicted molar refractivity (Wildman–Crippen MR) is 62.5 cm³/mol. The molecule has 84 valence electrons. The first-order valence-electron chi connectivity index (χ1n) is 5.25. The van der Waals surface area contributed by atoms with Crippen molar-refractivity contribution in [1.29, 1.82) is 0 Å². The number of hydrogen-bond acceptors (Lipinski definition) is 4. The fraction of sp³-hybridized carbons (Fsp3) is 0.364. The second kappa shape index (κ2) is 4.30. The molecule has 5 heteroatoms. The maximum Gasteiger partial charge on any atom is 0.127 e. The van der Waals surface area contributed by atoms with E-state index in [1.54, 1.807) is 12.3 Å². The lowest BCUT2D eigenvalue weighted by Crippen LogP contribution is -2.04. The van der Waals surface area contributed by atoms with E-state index in [4.69, 9.17) is 5.73 Å². The zero-order valence-corrected chi connectivity index (χ0v) is 9.46. The minimum Gasteiger partial charge on any atom is -0.384 e. The second-order valence-electron chi connectivity index (χ2n) is 4.17. The summed E-state index contributed by atoms with van der Waals surface area (Å²) >= 11 is 0. The van der Waals surface area contributed by atoms with E-state index >= 15 is 0 Å². The van der Waals surface area contributed by atoms with Crippen LogP contribution in [0.15, 0.2) is 24.8 Å². The molecule has 0 radical (unpaired) electrons. The lowest BCUT2D eigenvalue weighted by Gasteiger charge is -2.03. The highest BCUT2D eigenvalue weighted by molar-refractivity contribution is 5.59. The van der Waals surface area contributed by atoms with Crippen LogP contribution in [0.5, 0.6) is 0 Å². The number of hydrogen-bond donors (Lipinski definition) is 1. The average Bonchev–Trinajstić information content (AvgIpc) is 2.65. The van der Waals surface area contributed by atoms with Crippen molar-refractivity contribution in [3.05, 3.63) is 24.8 Å². The number of nitrogen functional groups attached to an aromatic ring is 1. The van der Waals surface area contributed by atoms with Crippen LogP contribution in [0.25, 0.3) is 11.3 Å². The molecule has 0 aliphatic rings. The van der Waals surface area contributed by atoms with Gasteiger partial charge in [-0.25, -0.2) is 9.97 Å². The Bertz CT molecular complexity index is 475. The first kappa shape index (κ1) is 10.6. The van der Waals surface area contributed by atoms with Gasteiger partial charge in [-0.15, -0.1) is 0 Å². The van der Waals surface area contributed by atoms with Crippen LogP contribution < -0.4 is 5.73 Å². The summed E-state index contributed by atoms with van der Waals surface area (Å²) in [7, 11) is 0. The lowest BCUT2D eigenvalue weighted by molar-refractivity contribution is 0.483. The van der Waals surface area contributed by atoms with E-state index < -0.39 is 0 Å². The van der Waals surface area contributed by atoms with Gasteiger partial charge in [0.1, 0.15) is 12.1 Å². The normalized spacial score (nSPS) is 10.9. The van der Waals surface area contributed by atoms with Crippen LogP contribution in [0, 0.1) is 5.92 Å². The molecule has 0 amide bonds. The Morgan fingerprint density at radius 2 is 2.19 bits per heavy atom. The molecule has 5 nitrogen and oxygen atoms in total. The number of anilines is 1. The maximum absolute atomic E-state index is 5.61. The SMILES string of the molecule is CC(C)Cn1cc(-c2cc(N)ncn2)cn1. The van der Waals surface area contributed by atoms with Crippen LogP contribution in [0.4, 0.5) is 5.82 Å². The van der Waals surface area contributed by atoms with Crippen LogP contribution in [-0.2, 0) is 6.54 Å². The summed E-state index contributed by atoms with van der Waals surface area (Å²) in [6.45, 7) is 5.22. The first-order chi connectivity index (χ1) is 7.65. The van der Waals surface area contributed by atoms with Gasteiger partial charge >= 0.3 is 0 Å². The molecular weight excluding hydrogens is 202 g/mol. The smallest absolute Gasteiger partial charge is 0.127 e. The highest BCUT2D eigenvalue weighted by Gasteiger charge is 2.04. The molecule has 0 atom stereocenters. The van der Waals surface area contributed by atoms with Gasteiger partial charge in [-0.05, 0) is 5.92 Å². The van der Waals surface area contributed by atoms with Crippen molar-refractivity contribution in [2.75, 3.05) is 5.73 Å². The summed E-state index contributed by atoms with van der Waals surface area (Å²) in [5.74, 6) is 1.05. The molecule has 0 aliphatic carbocycles. The molecule has 2 aromatic rings. The maximum atomic E-state index is 5.61. The summed E-state index contributed by atoms with van der Waals surface area (Å²) in [5, 5.41) is 4.28. The van der Waals surface area contributed by atoms with Gasteiger partial charge in [0.15, 0.2) is 0 Å². The molecule has 2 N–H and O–H groups in total.